The zero-order chi connectivity index (χ0) is 24.9. The molecule has 10 nitrogen and oxygen atoms in total. The lowest BCUT2D eigenvalue weighted by molar-refractivity contribution is -0.168. The highest BCUT2D eigenvalue weighted by Crippen LogP contribution is 2.22. The summed E-state index contributed by atoms with van der Waals surface area (Å²) in [5, 5.41) is 5.34. The normalized spacial score (nSPS) is 23.2. The predicted molar refractivity (Wildman–Crippen MR) is 121 cm³/mol. The highest BCUT2D eigenvalue weighted by Gasteiger charge is 2.41. The summed E-state index contributed by atoms with van der Waals surface area (Å²) >= 11 is 0. The first-order chi connectivity index (χ1) is 16.0. The van der Waals surface area contributed by atoms with E-state index in [1.807, 2.05) is 30.3 Å². The smallest absolute Gasteiger partial charge is 0.408 e. The maximum Gasteiger partial charge on any atom is 0.408 e. The molecule has 2 aliphatic heterocycles. The molecule has 0 spiro atoms. The van der Waals surface area contributed by atoms with Crippen LogP contribution in [0.15, 0.2) is 30.3 Å². The number of cyclic esters (lactones) is 1. The highest BCUT2D eigenvalue weighted by molar-refractivity contribution is 5.92. The first-order valence-electron chi connectivity index (χ1n) is 11.5. The Labute approximate surface area is 199 Å². The minimum atomic E-state index is -0.907. The number of amides is 3. The van der Waals surface area contributed by atoms with E-state index in [0.717, 1.165) is 5.56 Å². The summed E-state index contributed by atoms with van der Waals surface area (Å²) in [5.41, 5.74) is 0.220. The lowest BCUT2D eigenvalue weighted by Crippen LogP contribution is -2.55. The number of ether oxygens (including phenoxy) is 3. The van der Waals surface area contributed by atoms with Crippen LogP contribution in [-0.4, -0.2) is 65.3 Å². The van der Waals surface area contributed by atoms with Crippen molar-refractivity contribution >= 4 is 23.9 Å². The number of alkyl carbamates (subject to hydrolysis) is 1. The van der Waals surface area contributed by atoms with Crippen LogP contribution in [0.2, 0.25) is 0 Å². The van der Waals surface area contributed by atoms with E-state index in [1.165, 1.54) is 4.90 Å². The van der Waals surface area contributed by atoms with Crippen LogP contribution in [0.5, 0.6) is 0 Å². The molecule has 186 valence electrons. The average Bonchev–Trinajstić information content (AvgIpc) is 3.37. The lowest BCUT2D eigenvalue weighted by Gasteiger charge is -2.29. The van der Waals surface area contributed by atoms with Crippen molar-refractivity contribution in [3.63, 3.8) is 0 Å². The van der Waals surface area contributed by atoms with Crippen molar-refractivity contribution in [2.45, 2.75) is 83.6 Å². The van der Waals surface area contributed by atoms with E-state index in [9.17, 15) is 19.2 Å². The third kappa shape index (κ3) is 6.93. The van der Waals surface area contributed by atoms with Crippen LogP contribution < -0.4 is 10.6 Å². The van der Waals surface area contributed by atoms with Crippen molar-refractivity contribution in [1.82, 2.24) is 15.5 Å². The van der Waals surface area contributed by atoms with Gasteiger partial charge in [-0.05, 0) is 46.1 Å². The first-order valence-corrected chi connectivity index (χ1v) is 11.5. The number of likely N-dealkylation sites (tertiary alicyclic amines) is 1. The highest BCUT2D eigenvalue weighted by atomic mass is 16.7. The number of benzene rings is 1. The molecule has 3 unspecified atom stereocenters. The van der Waals surface area contributed by atoms with Crippen LogP contribution in [0.4, 0.5) is 4.79 Å². The summed E-state index contributed by atoms with van der Waals surface area (Å²) in [6.07, 6.45) is -0.490. The van der Waals surface area contributed by atoms with Gasteiger partial charge in [0.25, 0.3) is 0 Å². The van der Waals surface area contributed by atoms with Gasteiger partial charge in [0.2, 0.25) is 18.1 Å². The molecule has 1 aromatic rings. The number of rotatable bonds is 7. The molecule has 10 heteroatoms. The third-order valence-corrected chi connectivity index (χ3v) is 5.49. The fourth-order valence-corrected chi connectivity index (χ4v) is 3.93. The number of carbonyl (C=O) groups is 4. The molecule has 2 N–H and O–H groups in total. The van der Waals surface area contributed by atoms with Gasteiger partial charge in [-0.3, -0.25) is 14.4 Å². The second-order valence-electron chi connectivity index (χ2n) is 9.53. The third-order valence-electron chi connectivity index (χ3n) is 5.49. The maximum absolute atomic E-state index is 13.0. The molecule has 3 amide bonds. The quantitative estimate of drug-likeness (QED) is 0.577. The zero-order valence-corrected chi connectivity index (χ0v) is 20.0. The van der Waals surface area contributed by atoms with Crippen molar-refractivity contribution in [1.29, 1.82) is 0 Å². The molecule has 0 aliphatic carbocycles. The molecule has 0 bridgehead atoms. The number of hydrogen-bond donors (Lipinski definition) is 2. The van der Waals surface area contributed by atoms with Gasteiger partial charge in [-0.2, -0.15) is 0 Å². The average molecular weight is 476 g/mol. The van der Waals surface area contributed by atoms with E-state index in [2.05, 4.69) is 10.6 Å². The van der Waals surface area contributed by atoms with Crippen molar-refractivity contribution in [3.8, 4) is 0 Å². The number of nitrogens with one attached hydrogen (secondary N) is 2. The van der Waals surface area contributed by atoms with Crippen molar-refractivity contribution < 1.29 is 33.4 Å². The molecule has 0 saturated carbocycles. The van der Waals surface area contributed by atoms with Crippen LogP contribution in [0.3, 0.4) is 0 Å². The molecule has 2 aliphatic rings. The fourth-order valence-electron chi connectivity index (χ4n) is 3.93. The van der Waals surface area contributed by atoms with E-state index >= 15 is 0 Å². The van der Waals surface area contributed by atoms with Gasteiger partial charge in [0.15, 0.2) is 0 Å². The van der Waals surface area contributed by atoms with Gasteiger partial charge < -0.3 is 29.7 Å². The van der Waals surface area contributed by atoms with E-state index in [-0.39, 0.29) is 24.8 Å². The van der Waals surface area contributed by atoms with E-state index in [4.69, 9.17) is 14.2 Å². The Kier molecular flexibility index (Phi) is 8.14. The monoisotopic (exact) mass is 475 g/mol. The summed E-state index contributed by atoms with van der Waals surface area (Å²) in [6, 6.07) is 7.20. The van der Waals surface area contributed by atoms with Crippen molar-refractivity contribution in [2.24, 2.45) is 0 Å². The predicted octanol–water partition coefficient (Wildman–Crippen LogP) is 1.87. The SMILES string of the molecule is CC(NC(=O)OC(C)(C)C)C(=O)N1CCC[C@H]1C(=O)NC1CC(=O)OC1OCc1ccccc1. The minimum absolute atomic E-state index is 0.0114. The Hall–Kier alpha value is -3.14. The van der Waals surface area contributed by atoms with Crippen LogP contribution in [0, 0.1) is 0 Å². The first kappa shape index (κ1) is 25.5. The summed E-state index contributed by atoms with van der Waals surface area (Å²) in [5.74, 6) is -1.22. The van der Waals surface area contributed by atoms with E-state index in [1.54, 1.807) is 27.7 Å². The fraction of sp³-hybridized carbons (Fsp3) is 0.583. The number of carbonyl (C=O) groups excluding carboxylic acids is 4. The number of hydrogen-bond acceptors (Lipinski definition) is 7. The molecule has 2 saturated heterocycles. The van der Waals surface area contributed by atoms with Crippen LogP contribution >= 0.6 is 0 Å². The van der Waals surface area contributed by atoms with Gasteiger partial charge in [0.1, 0.15) is 23.7 Å². The van der Waals surface area contributed by atoms with Crippen LogP contribution in [-0.2, 0) is 35.2 Å². The van der Waals surface area contributed by atoms with Crippen molar-refractivity contribution in [3.05, 3.63) is 35.9 Å². The Bertz CT molecular complexity index is 900. The number of nitrogens with zero attached hydrogens (tertiary/aromatic N) is 1. The minimum Gasteiger partial charge on any atom is -0.444 e. The standard InChI is InChI=1S/C24H33N3O7/c1-15(25-23(31)34-24(2,3)4)21(30)27-12-8-11-18(27)20(29)26-17-13-19(28)33-22(17)32-14-16-9-6-5-7-10-16/h5-7,9-10,15,17-18,22H,8,11-14H2,1-4H3,(H,25,31)(H,26,29)/t15?,17?,18-,22?/m0/s1. The molecule has 34 heavy (non-hydrogen) atoms. The largest absolute Gasteiger partial charge is 0.444 e. The molecule has 2 heterocycles. The summed E-state index contributed by atoms with van der Waals surface area (Å²) in [4.78, 5) is 51.3. The second-order valence-corrected chi connectivity index (χ2v) is 9.53. The Balaban J connectivity index is 1.56. The van der Waals surface area contributed by atoms with Gasteiger partial charge in [-0.1, -0.05) is 30.3 Å². The van der Waals surface area contributed by atoms with Gasteiger partial charge in [0, 0.05) is 6.54 Å². The Morgan fingerprint density at radius 2 is 1.91 bits per heavy atom. The van der Waals surface area contributed by atoms with Crippen molar-refractivity contribution in [2.75, 3.05) is 6.54 Å². The Morgan fingerprint density at radius 3 is 2.59 bits per heavy atom. The molecule has 2 fully saturated rings. The lowest BCUT2D eigenvalue weighted by atomic mass is 10.1. The van der Waals surface area contributed by atoms with Gasteiger partial charge in [0.05, 0.1) is 13.0 Å². The molecule has 0 aromatic heterocycles. The summed E-state index contributed by atoms with van der Waals surface area (Å²) < 4.78 is 16.2. The topological polar surface area (TPSA) is 123 Å². The van der Waals surface area contributed by atoms with Crippen LogP contribution in [0.1, 0.15) is 52.5 Å². The van der Waals surface area contributed by atoms with E-state index < -0.39 is 42.1 Å². The van der Waals surface area contributed by atoms with Gasteiger partial charge in [-0.15, -0.1) is 0 Å². The molecule has 0 radical (unpaired) electrons. The summed E-state index contributed by atoms with van der Waals surface area (Å²) in [7, 11) is 0. The van der Waals surface area contributed by atoms with Gasteiger partial charge >= 0.3 is 12.1 Å². The summed E-state index contributed by atoms with van der Waals surface area (Å²) in [6.45, 7) is 7.37. The molecule has 4 atom stereocenters. The molecular formula is C24H33N3O7. The molecule has 3 rings (SSSR count). The van der Waals surface area contributed by atoms with Gasteiger partial charge in [-0.25, -0.2) is 4.79 Å². The Morgan fingerprint density at radius 1 is 1.21 bits per heavy atom. The second kappa shape index (κ2) is 10.9. The molecular weight excluding hydrogens is 442 g/mol. The zero-order valence-electron chi connectivity index (χ0n) is 20.0. The molecule has 1 aromatic carbocycles. The maximum atomic E-state index is 13.0. The van der Waals surface area contributed by atoms with Crippen LogP contribution in [0.25, 0.3) is 0 Å². The number of esters is 1. The van der Waals surface area contributed by atoms with E-state index in [0.29, 0.717) is 19.4 Å².